The van der Waals surface area contributed by atoms with Crippen LogP contribution in [0.1, 0.15) is 49.2 Å². The first kappa shape index (κ1) is 23.0. The van der Waals surface area contributed by atoms with Crippen molar-refractivity contribution >= 4 is 26.8 Å². The molecule has 0 aliphatic rings. The lowest BCUT2D eigenvalue weighted by molar-refractivity contribution is 0.0952. The van der Waals surface area contributed by atoms with Crippen LogP contribution in [0.25, 0.3) is 10.9 Å². The number of nitrogens with one attached hydrogen (secondary N) is 2. The van der Waals surface area contributed by atoms with E-state index in [9.17, 15) is 13.2 Å². The quantitative estimate of drug-likeness (QED) is 0.526. The molecule has 2 aromatic carbocycles. The van der Waals surface area contributed by atoms with Crippen LogP contribution in [-0.2, 0) is 28.9 Å². The highest BCUT2D eigenvalue weighted by atomic mass is 32.2. The van der Waals surface area contributed by atoms with Crippen molar-refractivity contribution in [3.05, 3.63) is 71.4 Å². The molecule has 3 rings (SSSR count). The van der Waals surface area contributed by atoms with Gasteiger partial charge in [0.1, 0.15) is 0 Å². The Balaban J connectivity index is 1.67. The van der Waals surface area contributed by atoms with Crippen molar-refractivity contribution in [2.75, 3.05) is 0 Å². The number of nitrogens with zero attached hydrogens (tertiary/aromatic N) is 1. The Hall–Kier alpha value is -2.64. The number of benzene rings is 2. The van der Waals surface area contributed by atoms with E-state index in [0.29, 0.717) is 23.6 Å². The first-order valence-electron chi connectivity index (χ1n) is 10.6. The Morgan fingerprint density at radius 2 is 1.61 bits per heavy atom. The van der Waals surface area contributed by atoms with Crippen LogP contribution in [0.5, 0.6) is 0 Å². The maximum atomic E-state index is 12.9. The predicted octanol–water partition coefficient (Wildman–Crippen LogP) is 4.06. The van der Waals surface area contributed by atoms with E-state index >= 15 is 0 Å². The van der Waals surface area contributed by atoms with Crippen molar-refractivity contribution in [3.8, 4) is 0 Å². The van der Waals surface area contributed by atoms with Crippen LogP contribution in [-0.4, -0.2) is 24.9 Å². The minimum Gasteiger partial charge on any atom is -0.348 e. The monoisotopic (exact) mass is 441 g/mol. The van der Waals surface area contributed by atoms with Gasteiger partial charge < -0.3 is 9.88 Å². The summed E-state index contributed by atoms with van der Waals surface area (Å²) in [7, 11) is -3.36. The molecule has 0 spiro atoms. The van der Waals surface area contributed by atoms with Gasteiger partial charge in [0.05, 0.1) is 11.3 Å². The Bertz CT molecular complexity index is 1150. The number of rotatable bonds is 9. The molecule has 0 radical (unpaired) electrons. The first-order valence-corrected chi connectivity index (χ1v) is 12.2. The fourth-order valence-corrected chi connectivity index (χ4v) is 5.06. The number of amides is 1. The van der Waals surface area contributed by atoms with Crippen LogP contribution in [0, 0.1) is 5.92 Å². The molecular formula is C24H31N3O3S. The summed E-state index contributed by atoms with van der Waals surface area (Å²) >= 11 is 0. The highest BCUT2D eigenvalue weighted by Crippen LogP contribution is 2.22. The molecule has 3 aromatic rings. The van der Waals surface area contributed by atoms with Gasteiger partial charge in [0.15, 0.2) is 0 Å². The minimum absolute atomic E-state index is 0.0623. The molecule has 0 saturated heterocycles. The third-order valence-electron chi connectivity index (χ3n) is 4.84. The zero-order valence-corrected chi connectivity index (χ0v) is 19.4. The molecule has 0 atom stereocenters. The summed E-state index contributed by atoms with van der Waals surface area (Å²) in [5, 5.41) is 3.93. The zero-order valence-electron chi connectivity index (χ0n) is 18.6. The number of hydrogen-bond acceptors (Lipinski definition) is 3. The summed E-state index contributed by atoms with van der Waals surface area (Å²) in [6.07, 6.45) is 1.93. The number of hydrogen-bond donors (Lipinski definition) is 2. The van der Waals surface area contributed by atoms with Crippen LogP contribution in [0.15, 0.2) is 54.7 Å². The smallest absolute Gasteiger partial charge is 0.253 e. The first-order chi connectivity index (χ1) is 14.6. The van der Waals surface area contributed by atoms with Gasteiger partial charge in [-0.1, -0.05) is 56.3 Å². The van der Waals surface area contributed by atoms with Gasteiger partial charge >= 0.3 is 0 Å². The lowest BCUT2D eigenvalue weighted by atomic mass is 10.1. The molecule has 2 N–H and O–H groups in total. The summed E-state index contributed by atoms with van der Waals surface area (Å²) in [5.41, 5.74) is 3.35. The number of carbonyl (C=O) groups excluding carboxylic acids is 1. The Kier molecular flexibility index (Phi) is 7.18. The van der Waals surface area contributed by atoms with Gasteiger partial charge in [-0.2, -0.15) is 0 Å². The Morgan fingerprint density at radius 3 is 2.26 bits per heavy atom. The van der Waals surface area contributed by atoms with Gasteiger partial charge in [0.25, 0.3) is 5.91 Å². The second kappa shape index (κ2) is 9.66. The van der Waals surface area contributed by atoms with E-state index in [0.717, 1.165) is 23.0 Å². The van der Waals surface area contributed by atoms with Gasteiger partial charge in [0, 0.05) is 36.2 Å². The van der Waals surface area contributed by atoms with Gasteiger partial charge in [-0.05, 0) is 37.0 Å². The van der Waals surface area contributed by atoms with Crippen LogP contribution in [0.3, 0.4) is 0 Å². The van der Waals surface area contributed by atoms with Gasteiger partial charge in [-0.15, -0.1) is 0 Å². The van der Waals surface area contributed by atoms with E-state index in [1.807, 2.05) is 42.6 Å². The molecule has 0 fully saturated rings. The fourth-order valence-electron chi connectivity index (χ4n) is 3.62. The molecule has 1 amide bonds. The lowest BCUT2D eigenvalue weighted by Crippen LogP contribution is -2.31. The number of fused-ring (bicyclic) bond motifs is 1. The summed E-state index contributed by atoms with van der Waals surface area (Å²) < 4.78 is 28.9. The van der Waals surface area contributed by atoms with Gasteiger partial charge in [-0.3, -0.25) is 4.79 Å². The normalized spacial score (nSPS) is 12.1. The van der Waals surface area contributed by atoms with Crippen molar-refractivity contribution in [2.24, 2.45) is 5.92 Å². The Labute approximate surface area is 184 Å². The maximum Gasteiger partial charge on any atom is 0.253 e. The van der Waals surface area contributed by atoms with Crippen molar-refractivity contribution < 1.29 is 13.2 Å². The molecule has 6 nitrogen and oxygen atoms in total. The maximum absolute atomic E-state index is 12.9. The van der Waals surface area contributed by atoms with Crippen LogP contribution in [0.4, 0.5) is 0 Å². The van der Waals surface area contributed by atoms with Crippen molar-refractivity contribution in [2.45, 2.75) is 52.6 Å². The molecule has 1 aromatic heterocycles. The Morgan fingerprint density at radius 1 is 0.968 bits per heavy atom. The highest BCUT2D eigenvalue weighted by Gasteiger charge is 2.16. The van der Waals surface area contributed by atoms with E-state index in [1.165, 1.54) is 0 Å². The van der Waals surface area contributed by atoms with Crippen molar-refractivity contribution in [3.63, 3.8) is 0 Å². The highest BCUT2D eigenvalue weighted by molar-refractivity contribution is 7.88. The average molecular weight is 442 g/mol. The van der Waals surface area contributed by atoms with Gasteiger partial charge in [-0.25, -0.2) is 13.1 Å². The molecule has 7 heteroatoms. The topological polar surface area (TPSA) is 80.2 Å². The number of para-hydroxylation sites is 1. The average Bonchev–Trinajstić information content (AvgIpc) is 3.04. The second-order valence-electron chi connectivity index (χ2n) is 8.64. The predicted molar refractivity (Wildman–Crippen MR) is 125 cm³/mol. The summed E-state index contributed by atoms with van der Waals surface area (Å²) in [4.78, 5) is 12.9. The molecule has 31 heavy (non-hydrogen) atoms. The molecule has 0 aliphatic carbocycles. The van der Waals surface area contributed by atoms with E-state index in [-0.39, 0.29) is 17.7 Å². The van der Waals surface area contributed by atoms with E-state index in [4.69, 9.17) is 0 Å². The third-order valence-corrected chi connectivity index (χ3v) is 6.39. The lowest BCUT2D eigenvalue weighted by Gasteiger charge is -2.10. The van der Waals surface area contributed by atoms with Crippen LogP contribution < -0.4 is 10.0 Å². The molecule has 0 unspecified atom stereocenters. The molecule has 1 heterocycles. The summed E-state index contributed by atoms with van der Waals surface area (Å²) in [6, 6.07) is 15.1. The molecule has 0 saturated carbocycles. The molecular weight excluding hydrogens is 410 g/mol. The summed E-state index contributed by atoms with van der Waals surface area (Å²) in [5.74, 6) is 0.295. The second-order valence-corrected chi connectivity index (χ2v) is 10.4. The van der Waals surface area contributed by atoms with E-state index in [1.54, 1.807) is 26.0 Å². The third kappa shape index (κ3) is 6.18. The number of carbonyl (C=O) groups is 1. The van der Waals surface area contributed by atoms with E-state index < -0.39 is 10.0 Å². The molecule has 0 bridgehead atoms. The van der Waals surface area contributed by atoms with Crippen LogP contribution >= 0.6 is 0 Å². The summed E-state index contributed by atoms with van der Waals surface area (Å²) in [6.45, 7) is 9.13. The zero-order chi connectivity index (χ0) is 22.6. The number of aromatic nitrogens is 1. The van der Waals surface area contributed by atoms with Crippen molar-refractivity contribution in [1.82, 2.24) is 14.6 Å². The van der Waals surface area contributed by atoms with Gasteiger partial charge in [0.2, 0.25) is 10.0 Å². The standard InChI is InChI=1S/C24H31N3O3S/c1-17(2)14-27-15-22(21-7-5-6-8-23(21)27)24(28)25-13-19-9-11-20(12-10-19)16-31(29,30)26-18(3)4/h5-12,15,17-18,26H,13-14,16H2,1-4H3,(H,25,28). The van der Waals surface area contributed by atoms with Crippen molar-refractivity contribution in [1.29, 1.82) is 0 Å². The number of sulfonamides is 1. The van der Waals surface area contributed by atoms with Crippen LogP contribution in [0.2, 0.25) is 0 Å². The SMILES string of the molecule is CC(C)Cn1cc(C(=O)NCc2ccc(CS(=O)(=O)NC(C)C)cc2)c2ccccc21. The fraction of sp³-hybridized carbons (Fsp3) is 0.375. The van der Waals surface area contributed by atoms with E-state index in [2.05, 4.69) is 28.5 Å². The molecule has 0 aliphatic heterocycles. The molecule has 166 valence electrons. The minimum atomic E-state index is -3.36. The largest absolute Gasteiger partial charge is 0.348 e.